The fourth-order valence-corrected chi connectivity index (χ4v) is 4.54. The largest absolute Gasteiger partial charge is 0.542 e. The lowest BCUT2D eigenvalue weighted by Gasteiger charge is -2.18. The predicted octanol–water partition coefficient (Wildman–Crippen LogP) is 3.63. The Balaban J connectivity index is 0.000000785. The minimum atomic E-state index is -5.19. The van der Waals surface area contributed by atoms with Crippen LogP contribution < -0.4 is 31.7 Å². The Morgan fingerprint density at radius 1 is 0.846 bits per heavy atom. The number of benzene rings is 3. The van der Waals surface area contributed by atoms with Gasteiger partial charge in [0, 0.05) is 24.4 Å². The third kappa shape index (κ3) is 12.0. The molecular formula is C36H33F3N6O7. The second-order valence-corrected chi connectivity index (χ2v) is 11.0. The van der Waals surface area contributed by atoms with Crippen molar-refractivity contribution in [1.29, 1.82) is 0 Å². The molecule has 0 radical (unpaired) electrons. The molecule has 16 heteroatoms. The number of carbonyl (C=O) groups is 3. The van der Waals surface area contributed by atoms with E-state index in [2.05, 4.69) is 25.9 Å². The highest BCUT2D eigenvalue weighted by Gasteiger charge is 2.29. The number of ether oxygens (including phenoxy) is 1. The van der Waals surface area contributed by atoms with Gasteiger partial charge in [-0.15, -0.1) is 0 Å². The van der Waals surface area contributed by atoms with Crippen LogP contribution >= 0.6 is 0 Å². The van der Waals surface area contributed by atoms with Gasteiger partial charge < -0.3 is 30.4 Å². The summed E-state index contributed by atoms with van der Waals surface area (Å²) in [5.74, 6) is -3.05. The number of carboxylic acid groups (broad SMARTS) is 2. The zero-order valence-corrected chi connectivity index (χ0v) is 27.3. The van der Waals surface area contributed by atoms with Crippen molar-refractivity contribution in [2.24, 2.45) is 0 Å². The molecule has 13 nitrogen and oxygen atoms in total. The summed E-state index contributed by atoms with van der Waals surface area (Å²) in [6.07, 6.45) is -2.69. The lowest BCUT2D eigenvalue weighted by molar-refractivity contribution is -0.361. The van der Waals surface area contributed by atoms with Gasteiger partial charge in [-0.1, -0.05) is 91.0 Å². The van der Waals surface area contributed by atoms with E-state index in [1.807, 2.05) is 85.1 Å². The van der Waals surface area contributed by atoms with Gasteiger partial charge in [-0.2, -0.15) is 18.2 Å². The second kappa shape index (κ2) is 18.3. The van der Waals surface area contributed by atoms with E-state index < -0.39 is 35.9 Å². The Morgan fingerprint density at radius 2 is 1.42 bits per heavy atom. The van der Waals surface area contributed by atoms with Crippen LogP contribution in [0.2, 0.25) is 0 Å². The maximum Gasteiger partial charge on any atom is 0.430 e. The molecule has 5 rings (SSSR count). The third-order valence-electron chi connectivity index (χ3n) is 7.17. The van der Waals surface area contributed by atoms with Gasteiger partial charge in [-0.25, -0.2) is 19.4 Å². The van der Waals surface area contributed by atoms with Crippen molar-refractivity contribution in [2.75, 3.05) is 10.6 Å². The lowest BCUT2D eigenvalue weighted by Crippen LogP contribution is -2.45. The average Bonchev–Trinajstić information content (AvgIpc) is 3.14. The quantitative estimate of drug-likeness (QED) is 0.140. The van der Waals surface area contributed by atoms with Crippen LogP contribution in [0, 0.1) is 0 Å². The topological polar surface area (TPSA) is 189 Å². The normalized spacial score (nSPS) is 11.3. The molecule has 0 aliphatic heterocycles. The smallest absolute Gasteiger partial charge is 0.430 e. The summed E-state index contributed by atoms with van der Waals surface area (Å²) in [6.45, 7) is 0.690. The van der Waals surface area contributed by atoms with Crippen molar-refractivity contribution in [2.45, 2.75) is 38.5 Å². The molecule has 0 aliphatic rings. The number of halogens is 3. The van der Waals surface area contributed by atoms with Gasteiger partial charge in [-0.05, 0) is 28.3 Å². The Kier molecular flexibility index (Phi) is 13.4. The van der Waals surface area contributed by atoms with Crippen LogP contribution in [-0.2, 0) is 40.6 Å². The number of rotatable bonds is 13. The number of carbonyl (C=O) groups excluding carboxylic acids is 2. The van der Waals surface area contributed by atoms with Gasteiger partial charge in [0.1, 0.15) is 31.0 Å². The minimum Gasteiger partial charge on any atom is -0.542 e. The summed E-state index contributed by atoms with van der Waals surface area (Å²) >= 11 is 0. The van der Waals surface area contributed by atoms with Crippen molar-refractivity contribution < 1.29 is 47.5 Å². The number of aromatic nitrogens is 3. The molecule has 0 unspecified atom stereocenters. The number of alkyl halides is 3. The van der Waals surface area contributed by atoms with Gasteiger partial charge in [0.05, 0.1) is 12.7 Å². The molecule has 2 heterocycles. The van der Waals surface area contributed by atoms with Crippen molar-refractivity contribution >= 4 is 29.7 Å². The molecule has 0 fully saturated rings. The zero-order chi connectivity index (χ0) is 37.5. The fraction of sp³-hybridized carbons (Fsp3) is 0.167. The molecule has 0 saturated heterocycles. The van der Waals surface area contributed by atoms with Crippen molar-refractivity contribution in [3.63, 3.8) is 0 Å². The highest BCUT2D eigenvalue weighted by molar-refractivity contribution is 5.80. The van der Waals surface area contributed by atoms with Crippen LogP contribution in [0.5, 0.6) is 0 Å². The molecule has 270 valence electrons. The van der Waals surface area contributed by atoms with E-state index in [0.717, 1.165) is 28.1 Å². The van der Waals surface area contributed by atoms with E-state index in [4.69, 9.17) is 14.6 Å². The number of aromatic amines is 1. The monoisotopic (exact) mass is 718 g/mol. The van der Waals surface area contributed by atoms with E-state index in [-0.39, 0.29) is 13.2 Å². The highest BCUT2D eigenvalue weighted by Crippen LogP contribution is 2.25. The molecule has 5 N–H and O–H groups in total. The minimum absolute atomic E-state index is 0.0227. The SMILES string of the molecule is O=C(N[C@@H](Cn1cc(-c2ccccc2)c(NCc2ccc(CNc3cccc[nH+]3)cc2)nc1=O)C(=O)O)OCc1ccccc1.O=C([O-])C(F)(F)F. The fourth-order valence-electron chi connectivity index (χ4n) is 4.54. The average molecular weight is 719 g/mol. The summed E-state index contributed by atoms with van der Waals surface area (Å²) in [5, 5.41) is 27.5. The maximum atomic E-state index is 13.1. The first-order chi connectivity index (χ1) is 24.9. The molecule has 0 bridgehead atoms. The van der Waals surface area contributed by atoms with Crippen LogP contribution in [0.3, 0.4) is 0 Å². The Labute approximate surface area is 294 Å². The van der Waals surface area contributed by atoms with Crippen LogP contribution in [0.4, 0.5) is 29.6 Å². The van der Waals surface area contributed by atoms with E-state index >= 15 is 0 Å². The molecule has 5 aromatic rings. The summed E-state index contributed by atoms with van der Waals surface area (Å²) in [7, 11) is 0. The number of anilines is 2. The van der Waals surface area contributed by atoms with Crippen LogP contribution in [0.1, 0.15) is 16.7 Å². The van der Waals surface area contributed by atoms with E-state index in [0.29, 0.717) is 24.5 Å². The van der Waals surface area contributed by atoms with Gasteiger partial charge in [0.15, 0.2) is 0 Å². The molecule has 0 aliphatic carbocycles. The first-order valence-electron chi connectivity index (χ1n) is 15.6. The van der Waals surface area contributed by atoms with E-state index in [1.54, 1.807) is 30.5 Å². The van der Waals surface area contributed by atoms with Gasteiger partial charge >= 0.3 is 23.9 Å². The van der Waals surface area contributed by atoms with Gasteiger partial charge in [0.25, 0.3) is 5.82 Å². The number of carboxylic acids is 2. The summed E-state index contributed by atoms with van der Waals surface area (Å²) in [4.78, 5) is 53.7. The number of nitrogens with one attached hydrogen (secondary N) is 4. The van der Waals surface area contributed by atoms with E-state index in [1.165, 1.54) is 4.57 Å². The molecule has 52 heavy (non-hydrogen) atoms. The van der Waals surface area contributed by atoms with Crippen molar-refractivity contribution in [3.8, 4) is 11.1 Å². The molecule has 2 aromatic heterocycles. The summed E-state index contributed by atoms with van der Waals surface area (Å²) in [5.41, 5.74) is 3.56. The standard InChI is InChI=1S/C34H32N6O5.C2HF3O2/c41-32(42)29(38-34(44)45-23-26-9-3-1-4-10-26)22-40-21-28(27-11-5-2-6-12-27)31(39-33(40)43)37-20-25-16-14-24(15-17-25)19-36-30-13-7-8-18-35-30;3-2(4,5)1(6)7/h1-18,21,29H,19-20,22-23H2,(H,35,36)(H,38,44)(H,41,42)(H,37,39,43);(H,6,7)/t29-;/m0./s1. The molecular weight excluding hydrogens is 685 g/mol. The number of alkyl carbamates (subject to hydrolysis) is 1. The Hall–Kier alpha value is -6.71. The number of nitrogens with zero attached hydrogens (tertiary/aromatic N) is 2. The first-order valence-corrected chi connectivity index (χ1v) is 15.6. The summed E-state index contributed by atoms with van der Waals surface area (Å²) < 4.78 is 37.9. The Morgan fingerprint density at radius 3 is 1.98 bits per heavy atom. The molecule has 0 saturated carbocycles. The predicted molar refractivity (Wildman–Crippen MR) is 180 cm³/mol. The number of hydrogen-bond donors (Lipinski definition) is 4. The van der Waals surface area contributed by atoms with E-state index in [9.17, 15) is 32.7 Å². The first kappa shape index (κ1) is 38.1. The summed E-state index contributed by atoms with van der Waals surface area (Å²) in [6, 6.07) is 30.8. The maximum absolute atomic E-state index is 13.1. The van der Waals surface area contributed by atoms with Crippen molar-refractivity contribution in [1.82, 2.24) is 14.9 Å². The van der Waals surface area contributed by atoms with Crippen LogP contribution in [0.15, 0.2) is 120 Å². The number of pyridine rings is 1. The third-order valence-corrected chi connectivity index (χ3v) is 7.17. The van der Waals surface area contributed by atoms with Gasteiger partial charge in [-0.3, -0.25) is 9.88 Å². The number of aliphatic carboxylic acids is 2. The number of H-pyrrole nitrogens is 1. The highest BCUT2D eigenvalue weighted by atomic mass is 19.4. The lowest BCUT2D eigenvalue weighted by atomic mass is 10.1. The van der Waals surface area contributed by atoms with Crippen LogP contribution in [-0.4, -0.2) is 44.9 Å². The van der Waals surface area contributed by atoms with Gasteiger partial charge in [0.2, 0.25) is 0 Å². The zero-order valence-electron chi connectivity index (χ0n) is 27.3. The van der Waals surface area contributed by atoms with Crippen LogP contribution in [0.25, 0.3) is 11.1 Å². The molecule has 0 spiro atoms. The molecule has 1 atom stereocenters. The Bertz CT molecular complexity index is 1980. The molecule has 1 amide bonds. The molecule has 3 aromatic carbocycles. The number of hydrogen-bond acceptors (Lipinski definition) is 9. The second-order valence-electron chi connectivity index (χ2n) is 11.0. The van der Waals surface area contributed by atoms with Crippen molar-refractivity contribution in [3.05, 3.63) is 143 Å². The number of amides is 1.